The van der Waals surface area contributed by atoms with E-state index in [2.05, 4.69) is 10.3 Å². The predicted molar refractivity (Wildman–Crippen MR) is 74.7 cm³/mol. The minimum Gasteiger partial charge on any atom is -0.339 e. The summed E-state index contributed by atoms with van der Waals surface area (Å²) in [5.41, 5.74) is 0.778. The fraction of sp³-hybridized carbons (Fsp3) is 0.571. The van der Waals surface area contributed by atoms with Gasteiger partial charge in [0, 0.05) is 38.4 Å². The first-order valence-corrected chi connectivity index (χ1v) is 6.87. The first-order chi connectivity index (χ1) is 9.58. The van der Waals surface area contributed by atoms with Gasteiger partial charge in [-0.2, -0.15) is 0 Å². The smallest absolute Gasteiger partial charge is 0.236 e. The summed E-state index contributed by atoms with van der Waals surface area (Å²) in [6.45, 7) is 5.47. The normalized spacial score (nSPS) is 17.3. The number of nitrogens with zero attached hydrogens (tertiary/aromatic N) is 3. The van der Waals surface area contributed by atoms with Gasteiger partial charge in [0.2, 0.25) is 5.91 Å². The molecule has 1 aromatic rings. The van der Waals surface area contributed by atoms with Crippen LogP contribution in [0.5, 0.6) is 0 Å². The van der Waals surface area contributed by atoms with Gasteiger partial charge in [-0.25, -0.2) is 4.39 Å². The zero-order chi connectivity index (χ0) is 14.5. The van der Waals surface area contributed by atoms with E-state index in [1.54, 1.807) is 6.20 Å². The molecule has 1 amide bonds. The van der Waals surface area contributed by atoms with Crippen LogP contribution < -0.4 is 5.32 Å². The number of nitrogens with one attached hydrogen (secondary N) is 1. The number of carbonyl (C=O) groups excluding carboxylic acids is 1. The molecule has 0 aromatic carbocycles. The van der Waals surface area contributed by atoms with Crippen molar-refractivity contribution < 1.29 is 9.18 Å². The van der Waals surface area contributed by atoms with E-state index in [0.717, 1.165) is 31.7 Å². The van der Waals surface area contributed by atoms with Gasteiger partial charge in [0.15, 0.2) is 0 Å². The predicted octanol–water partition coefficient (Wildman–Crippen LogP) is 0.645. The summed E-state index contributed by atoms with van der Waals surface area (Å²) in [6.07, 6.45) is 2.82. The third-order valence-corrected chi connectivity index (χ3v) is 3.72. The highest BCUT2D eigenvalue weighted by atomic mass is 19.1. The highest BCUT2D eigenvalue weighted by Crippen LogP contribution is 2.18. The van der Waals surface area contributed by atoms with Crippen molar-refractivity contribution in [2.75, 3.05) is 39.8 Å². The lowest BCUT2D eigenvalue weighted by atomic mass is 10.1. The number of halogens is 1. The molecule has 1 atom stereocenters. The molecule has 2 heterocycles. The first-order valence-electron chi connectivity index (χ1n) is 6.87. The fourth-order valence-corrected chi connectivity index (χ4v) is 2.28. The first kappa shape index (κ1) is 14.9. The number of aromatic nitrogens is 1. The Hall–Kier alpha value is -1.53. The average molecular weight is 280 g/mol. The molecule has 1 aromatic heterocycles. The van der Waals surface area contributed by atoms with Crippen molar-refractivity contribution >= 4 is 5.91 Å². The van der Waals surface area contributed by atoms with Gasteiger partial charge >= 0.3 is 0 Å². The zero-order valence-electron chi connectivity index (χ0n) is 12.0. The molecular weight excluding hydrogens is 259 g/mol. The monoisotopic (exact) mass is 280 g/mol. The van der Waals surface area contributed by atoms with E-state index in [1.807, 2.05) is 23.8 Å². The molecule has 0 aliphatic carbocycles. The van der Waals surface area contributed by atoms with Crippen molar-refractivity contribution in [1.82, 2.24) is 20.1 Å². The molecule has 1 aliphatic rings. The van der Waals surface area contributed by atoms with Crippen molar-refractivity contribution in [3.05, 3.63) is 29.8 Å². The standard InChI is InChI=1S/C14H21FN4O/c1-11(12-7-13(15)9-17-8-12)18(2)10-14(20)19-5-3-16-4-6-19/h7-9,11,16H,3-6,10H2,1-2H3. The average Bonchev–Trinajstić information content (AvgIpc) is 2.47. The summed E-state index contributed by atoms with van der Waals surface area (Å²) >= 11 is 0. The molecule has 0 saturated carbocycles. The SMILES string of the molecule is CC(c1cncc(F)c1)N(C)CC(=O)N1CCNCC1. The number of amides is 1. The van der Waals surface area contributed by atoms with Gasteiger partial charge in [-0.05, 0) is 25.6 Å². The van der Waals surface area contributed by atoms with E-state index >= 15 is 0 Å². The lowest BCUT2D eigenvalue weighted by Crippen LogP contribution is -2.49. The molecule has 6 heteroatoms. The van der Waals surface area contributed by atoms with Gasteiger partial charge < -0.3 is 10.2 Å². The molecule has 20 heavy (non-hydrogen) atoms. The van der Waals surface area contributed by atoms with E-state index in [1.165, 1.54) is 12.3 Å². The van der Waals surface area contributed by atoms with Gasteiger partial charge in [-0.15, -0.1) is 0 Å². The molecule has 0 spiro atoms. The van der Waals surface area contributed by atoms with Crippen LogP contribution in [0.15, 0.2) is 18.5 Å². The number of rotatable bonds is 4. The second kappa shape index (κ2) is 6.76. The summed E-state index contributed by atoms with van der Waals surface area (Å²) in [5.74, 6) is -0.235. The molecule has 1 aliphatic heterocycles. The number of piperazine rings is 1. The second-order valence-electron chi connectivity index (χ2n) is 5.16. The number of hydrogen-bond acceptors (Lipinski definition) is 4. The molecule has 0 radical (unpaired) electrons. The maximum Gasteiger partial charge on any atom is 0.236 e. The number of carbonyl (C=O) groups is 1. The lowest BCUT2D eigenvalue weighted by molar-refractivity contribution is -0.133. The van der Waals surface area contributed by atoms with Crippen molar-refractivity contribution in [3.8, 4) is 0 Å². The van der Waals surface area contributed by atoms with E-state index in [-0.39, 0.29) is 17.8 Å². The molecule has 1 N–H and O–H groups in total. The molecule has 1 fully saturated rings. The number of hydrogen-bond donors (Lipinski definition) is 1. The van der Waals surface area contributed by atoms with E-state index < -0.39 is 0 Å². The largest absolute Gasteiger partial charge is 0.339 e. The van der Waals surface area contributed by atoms with Crippen LogP contribution in [-0.4, -0.2) is 60.5 Å². The summed E-state index contributed by atoms with van der Waals surface area (Å²) < 4.78 is 13.2. The minimum atomic E-state index is -0.351. The van der Waals surface area contributed by atoms with Crippen LogP contribution >= 0.6 is 0 Å². The van der Waals surface area contributed by atoms with Gasteiger partial charge in [0.25, 0.3) is 0 Å². The van der Waals surface area contributed by atoms with Crippen LogP contribution in [0.4, 0.5) is 4.39 Å². The molecule has 1 unspecified atom stereocenters. The quantitative estimate of drug-likeness (QED) is 0.879. The van der Waals surface area contributed by atoms with Crippen molar-refractivity contribution in [2.45, 2.75) is 13.0 Å². The van der Waals surface area contributed by atoms with Crippen LogP contribution in [0.1, 0.15) is 18.5 Å². The lowest BCUT2D eigenvalue weighted by Gasteiger charge is -2.31. The third kappa shape index (κ3) is 3.74. The highest BCUT2D eigenvalue weighted by molar-refractivity contribution is 5.78. The third-order valence-electron chi connectivity index (χ3n) is 3.72. The maximum absolute atomic E-state index is 13.2. The molecule has 0 bridgehead atoms. The molecular formula is C14H21FN4O. The maximum atomic E-state index is 13.2. The Labute approximate surface area is 118 Å². The Morgan fingerprint density at radius 1 is 1.50 bits per heavy atom. The molecule has 2 rings (SSSR count). The Kier molecular flexibility index (Phi) is 5.03. The zero-order valence-corrected chi connectivity index (χ0v) is 12.0. The van der Waals surface area contributed by atoms with Crippen LogP contribution in [-0.2, 0) is 4.79 Å². The van der Waals surface area contributed by atoms with Crippen LogP contribution in [0, 0.1) is 5.82 Å². The summed E-state index contributed by atoms with van der Waals surface area (Å²) in [7, 11) is 1.87. The summed E-state index contributed by atoms with van der Waals surface area (Å²) in [5, 5.41) is 3.22. The van der Waals surface area contributed by atoms with Gasteiger partial charge in [0.1, 0.15) is 5.82 Å². The van der Waals surface area contributed by atoms with Gasteiger partial charge in [-0.3, -0.25) is 14.7 Å². The van der Waals surface area contributed by atoms with Crippen molar-refractivity contribution in [1.29, 1.82) is 0 Å². The number of pyridine rings is 1. The topological polar surface area (TPSA) is 48.5 Å². The molecule has 1 saturated heterocycles. The fourth-order valence-electron chi connectivity index (χ4n) is 2.28. The van der Waals surface area contributed by atoms with Crippen LogP contribution in [0.25, 0.3) is 0 Å². The highest BCUT2D eigenvalue weighted by Gasteiger charge is 2.20. The van der Waals surface area contributed by atoms with E-state index in [9.17, 15) is 9.18 Å². The summed E-state index contributed by atoms with van der Waals surface area (Å²) in [4.78, 5) is 19.8. The molecule has 110 valence electrons. The van der Waals surface area contributed by atoms with Gasteiger partial charge in [-0.1, -0.05) is 0 Å². The Balaban J connectivity index is 1.93. The molecule has 5 nitrogen and oxygen atoms in total. The van der Waals surface area contributed by atoms with Crippen molar-refractivity contribution in [2.24, 2.45) is 0 Å². The Morgan fingerprint density at radius 2 is 2.20 bits per heavy atom. The second-order valence-corrected chi connectivity index (χ2v) is 5.16. The van der Waals surface area contributed by atoms with E-state index in [0.29, 0.717) is 6.54 Å². The summed E-state index contributed by atoms with van der Waals surface area (Å²) in [6, 6.07) is 1.41. The van der Waals surface area contributed by atoms with Crippen molar-refractivity contribution in [3.63, 3.8) is 0 Å². The van der Waals surface area contributed by atoms with Gasteiger partial charge in [0.05, 0.1) is 12.7 Å². The van der Waals surface area contributed by atoms with Crippen LogP contribution in [0.2, 0.25) is 0 Å². The van der Waals surface area contributed by atoms with E-state index in [4.69, 9.17) is 0 Å². The Morgan fingerprint density at radius 3 is 2.85 bits per heavy atom. The van der Waals surface area contributed by atoms with Crippen LogP contribution in [0.3, 0.4) is 0 Å². The number of likely N-dealkylation sites (N-methyl/N-ethyl adjacent to an activating group) is 1. The minimum absolute atomic E-state index is 0.0509. The Bertz CT molecular complexity index is 462.